The number of nitrogens with zero attached hydrogens (tertiary/aromatic N) is 1. The number of fused-ring (bicyclic) bond motifs is 1. The molecule has 0 aromatic rings. The van der Waals surface area contributed by atoms with Gasteiger partial charge in [-0.15, -0.1) is 0 Å². The van der Waals surface area contributed by atoms with Crippen molar-refractivity contribution in [2.24, 2.45) is 10.9 Å². The van der Waals surface area contributed by atoms with E-state index in [0.29, 0.717) is 12.6 Å². The molecular weight excluding hydrogens is 126 g/mol. The summed E-state index contributed by atoms with van der Waals surface area (Å²) in [5.74, 6) is 0.374. The third-order valence-corrected chi connectivity index (χ3v) is 1.74. The van der Waals surface area contributed by atoms with E-state index < -0.39 is 0 Å². The largest absolute Gasteiger partial charge is 0.351 e. The summed E-state index contributed by atoms with van der Waals surface area (Å²) in [4.78, 5) is 4.03. The Balaban J connectivity index is 2.21. The minimum atomic E-state index is 0.238. The molecule has 0 N–H and O–H groups in total. The van der Waals surface area contributed by atoms with Crippen molar-refractivity contribution in [1.29, 1.82) is 0 Å². The fourth-order valence-electron chi connectivity index (χ4n) is 1.20. The molecule has 0 fully saturated rings. The maximum Gasteiger partial charge on any atom is 0.137 e. The summed E-state index contributed by atoms with van der Waals surface area (Å²) in [5.41, 5.74) is 0. The number of allylic oxidation sites excluding steroid dienone is 2. The van der Waals surface area contributed by atoms with Crippen LogP contribution in [0.15, 0.2) is 29.3 Å². The molecule has 0 amide bonds. The molecule has 2 nitrogen and oxygen atoms in total. The number of aliphatic imine (C=N–C) groups is 1. The molecule has 0 aromatic heterocycles. The van der Waals surface area contributed by atoms with Gasteiger partial charge in [0, 0.05) is 12.1 Å². The Kier molecular flexibility index (Phi) is 1.40. The van der Waals surface area contributed by atoms with Crippen molar-refractivity contribution in [3.8, 4) is 0 Å². The van der Waals surface area contributed by atoms with Crippen LogP contribution in [-0.2, 0) is 4.74 Å². The highest BCUT2D eigenvalue weighted by Crippen LogP contribution is 2.16. The van der Waals surface area contributed by atoms with Crippen LogP contribution in [0, 0.1) is 5.92 Å². The van der Waals surface area contributed by atoms with Gasteiger partial charge < -0.3 is 4.74 Å². The molecule has 52 valence electrons. The normalized spacial score (nSPS) is 36.0. The summed E-state index contributed by atoms with van der Waals surface area (Å²) in [5, 5.41) is 0. The lowest BCUT2D eigenvalue weighted by Crippen LogP contribution is -2.26. The van der Waals surface area contributed by atoms with E-state index in [1.165, 1.54) is 0 Å². The van der Waals surface area contributed by atoms with E-state index in [0.717, 1.165) is 0 Å². The molecule has 2 atom stereocenters. The molecule has 0 aromatic carbocycles. The Morgan fingerprint density at radius 2 is 2.20 bits per heavy atom. The van der Waals surface area contributed by atoms with Crippen molar-refractivity contribution in [3.05, 3.63) is 24.3 Å². The van der Waals surface area contributed by atoms with Crippen molar-refractivity contribution in [2.45, 2.75) is 6.10 Å². The molecule has 1 heterocycles. The van der Waals surface area contributed by atoms with Gasteiger partial charge in [0.2, 0.25) is 0 Å². The van der Waals surface area contributed by atoms with E-state index in [2.05, 4.69) is 17.1 Å². The second-order valence-electron chi connectivity index (χ2n) is 2.44. The average Bonchev–Trinajstić information content (AvgIpc) is 2.05. The van der Waals surface area contributed by atoms with Gasteiger partial charge >= 0.3 is 0 Å². The molecule has 0 radical (unpaired) electrons. The number of hydrogen-bond donors (Lipinski definition) is 0. The molecule has 2 heteroatoms. The number of ether oxygens (including phenoxy) is 1. The first-order valence-corrected chi connectivity index (χ1v) is 3.43. The molecule has 0 saturated carbocycles. The van der Waals surface area contributed by atoms with Gasteiger partial charge in [-0.05, 0) is 0 Å². The topological polar surface area (TPSA) is 21.6 Å². The molecule has 0 saturated heterocycles. The quantitative estimate of drug-likeness (QED) is 0.488. The predicted molar refractivity (Wildman–Crippen MR) is 40.0 cm³/mol. The standard InChI is InChI=1S/C8H9NO/c1-2-4-8-7(3-1)5-9-6-10-8/h1-5,7-8H,6H2. The third kappa shape index (κ3) is 0.907. The Hall–Kier alpha value is -0.890. The van der Waals surface area contributed by atoms with Crippen LogP contribution in [0.5, 0.6) is 0 Å². The zero-order valence-corrected chi connectivity index (χ0v) is 5.60. The monoisotopic (exact) mass is 135 g/mol. The van der Waals surface area contributed by atoms with Gasteiger partial charge in [0.05, 0.1) is 6.10 Å². The molecule has 2 unspecified atom stereocenters. The molecule has 2 rings (SSSR count). The lowest BCUT2D eigenvalue weighted by atomic mass is 9.98. The smallest absolute Gasteiger partial charge is 0.137 e. The van der Waals surface area contributed by atoms with Crippen LogP contribution in [0.4, 0.5) is 0 Å². The van der Waals surface area contributed by atoms with E-state index in [1.807, 2.05) is 18.4 Å². The second kappa shape index (κ2) is 2.39. The van der Waals surface area contributed by atoms with Crippen molar-refractivity contribution >= 4 is 6.21 Å². The predicted octanol–water partition coefficient (Wildman–Crippen LogP) is 1.16. The lowest BCUT2D eigenvalue weighted by Gasteiger charge is -2.23. The maximum absolute atomic E-state index is 5.35. The Morgan fingerprint density at radius 1 is 1.30 bits per heavy atom. The molecule has 0 spiro atoms. The third-order valence-electron chi connectivity index (χ3n) is 1.74. The van der Waals surface area contributed by atoms with Crippen LogP contribution in [-0.4, -0.2) is 19.0 Å². The molecule has 2 aliphatic rings. The summed E-state index contributed by atoms with van der Waals surface area (Å²) in [6.45, 7) is 0.513. The molecular formula is C8H9NO. The zero-order chi connectivity index (χ0) is 6.81. The average molecular weight is 135 g/mol. The first-order valence-electron chi connectivity index (χ1n) is 3.43. The van der Waals surface area contributed by atoms with E-state index in [-0.39, 0.29) is 6.10 Å². The van der Waals surface area contributed by atoms with Crippen molar-refractivity contribution < 1.29 is 4.74 Å². The van der Waals surface area contributed by atoms with Gasteiger partial charge in [0.1, 0.15) is 6.73 Å². The van der Waals surface area contributed by atoms with Gasteiger partial charge in [-0.3, -0.25) is 4.99 Å². The number of hydrogen-bond acceptors (Lipinski definition) is 2. The SMILES string of the molecule is C1=CC2C=NCOC2C=C1. The van der Waals surface area contributed by atoms with Crippen molar-refractivity contribution in [1.82, 2.24) is 0 Å². The summed E-state index contributed by atoms with van der Waals surface area (Å²) in [7, 11) is 0. The summed E-state index contributed by atoms with van der Waals surface area (Å²) >= 11 is 0. The highest BCUT2D eigenvalue weighted by molar-refractivity contribution is 5.66. The minimum absolute atomic E-state index is 0.238. The molecule has 0 bridgehead atoms. The van der Waals surface area contributed by atoms with E-state index in [4.69, 9.17) is 4.74 Å². The summed E-state index contributed by atoms with van der Waals surface area (Å²) < 4.78 is 5.35. The fourth-order valence-corrected chi connectivity index (χ4v) is 1.20. The van der Waals surface area contributed by atoms with Crippen molar-refractivity contribution in [3.63, 3.8) is 0 Å². The Bertz CT molecular complexity index is 205. The van der Waals surface area contributed by atoms with Gasteiger partial charge in [-0.25, -0.2) is 0 Å². The van der Waals surface area contributed by atoms with Crippen LogP contribution in [0.3, 0.4) is 0 Å². The number of rotatable bonds is 0. The minimum Gasteiger partial charge on any atom is -0.351 e. The highest BCUT2D eigenvalue weighted by atomic mass is 16.5. The molecule has 10 heavy (non-hydrogen) atoms. The van der Waals surface area contributed by atoms with Crippen LogP contribution in [0.1, 0.15) is 0 Å². The Morgan fingerprint density at radius 3 is 3.10 bits per heavy atom. The van der Waals surface area contributed by atoms with Gasteiger partial charge in [-0.1, -0.05) is 24.3 Å². The van der Waals surface area contributed by atoms with Gasteiger partial charge in [0.15, 0.2) is 0 Å². The van der Waals surface area contributed by atoms with Crippen molar-refractivity contribution in [2.75, 3.05) is 6.73 Å². The van der Waals surface area contributed by atoms with Gasteiger partial charge in [-0.2, -0.15) is 0 Å². The van der Waals surface area contributed by atoms with E-state index in [1.54, 1.807) is 0 Å². The summed E-state index contributed by atoms with van der Waals surface area (Å²) in [6, 6.07) is 0. The van der Waals surface area contributed by atoms with Crippen LogP contribution < -0.4 is 0 Å². The van der Waals surface area contributed by atoms with Crippen LogP contribution in [0.25, 0.3) is 0 Å². The summed E-state index contributed by atoms with van der Waals surface area (Å²) in [6.07, 6.45) is 10.4. The molecule has 1 aliphatic carbocycles. The van der Waals surface area contributed by atoms with E-state index in [9.17, 15) is 0 Å². The lowest BCUT2D eigenvalue weighted by molar-refractivity contribution is 0.0699. The second-order valence-corrected chi connectivity index (χ2v) is 2.44. The fraction of sp³-hybridized carbons (Fsp3) is 0.375. The first kappa shape index (κ1) is 5.86. The highest BCUT2D eigenvalue weighted by Gasteiger charge is 2.19. The van der Waals surface area contributed by atoms with Crippen LogP contribution in [0.2, 0.25) is 0 Å². The van der Waals surface area contributed by atoms with Gasteiger partial charge in [0.25, 0.3) is 0 Å². The van der Waals surface area contributed by atoms with E-state index >= 15 is 0 Å². The van der Waals surface area contributed by atoms with Crippen LogP contribution >= 0.6 is 0 Å². The zero-order valence-electron chi connectivity index (χ0n) is 5.60. The first-order chi connectivity index (χ1) is 4.97. The Labute approximate surface area is 59.9 Å². The maximum atomic E-state index is 5.35. The molecule has 1 aliphatic heterocycles.